The largest absolute Gasteiger partial charge is 0.490 e. The summed E-state index contributed by atoms with van der Waals surface area (Å²) < 4.78 is 37.9. The van der Waals surface area contributed by atoms with E-state index in [-0.39, 0.29) is 6.10 Å². The van der Waals surface area contributed by atoms with Crippen molar-refractivity contribution in [2.45, 2.75) is 31.2 Å². The van der Waals surface area contributed by atoms with E-state index in [1.807, 2.05) is 18.2 Å². The van der Waals surface area contributed by atoms with E-state index in [4.69, 9.17) is 14.6 Å². The molecule has 0 aromatic carbocycles. The number of fused-ring (bicyclic) bond motifs is 2. The van der Waals surface area contributed by atoms with Crippen LogP contribution in [-0.4, -0.2) is 50.9 Å². The lowest BCUT2D eigenvalue weighted by atomic mass is 10.1. The number of alkyl halides is 3. The number of nitrogens with zero attached hydrogens (tertiary/aromatic N) is 4. The second kappa shape index (κ2) is 7.77. The fraction of sp³-hybridized carbons (Fsp3) is 0.412. The number of carbonyl (C=O) groups is 1. The van der Waals surface area contributed by atoms with Gasteiger partial charge in [0.2, 0.25) is 5.95 Å². The molecule has 2 aromatic heterocycles. The lowest BCUT2D eigenvalue weighted by Gasteiger charge is -2.26. The van der Waals surface area contributed by atoms with Gasteiger partial charge in [-0.1, -0.05) is 0 Å². The van der Waals surface area contributed by atoms with E-state index in [2.05, 4.69) is 19.9 Å². The monoisotopic (exact) mass is 382 g/mol. The van der Waals surface area contributed by atoms with Crippen LogP contribution >= 0.6 is 0 Å². The second-order valence-corrected chi connectivity index (χ2v) is 6.18. The number of pyridine rings is 1. The molecule has 2 aliphatic rings. The van der Waals surface area contributed by atoms with Crippen molar-refractivity contribution in [1.82, 2.24) is 15.0 Å². The molecule has 1 saturated heterocycles. The van der Waals surface area contributed by atoms with Crippen LogP contribution in [-0.2, 0) is 4.79 Å². The summed E-state index contributed by atoms with van der Waals surface area (Å²) in [6.07, 6.45) is 4.65. The molecule has 3 atom stereocenters. The Bertz CT molecular complexity index is 761. The van der Waals surface area contributed by atoms with Gasteiger partial charge in [-0.25, -0.2) is 14.8 Å². The Balaban J connectivity index is 0.000000260. The Morgan fingerprint density at radius 3 is 2.48 bits per heavy atom. The summed E-state index contributed by atoms with van der Waals surface area (Å²) in [5.41, 5.74) is 0. The maximum Gasteiger partial charge on any atom is 0.490 e. The molecule has 0 amide bonds. The SMILES string of the molecule is O=C(O)C(F)(F)F.c1cnc(N2CC3CCC2C3Oc2cccnc2)nc1. The first-order chi connectivity index (χ1) is 12.9. The highest BCUT2D eigenvalue weighted by Gasteiger charge is 2.49. The van der Waals surface area contributed by atoms with Crippen molar-refractivity contribution in [2.75, 3.05) is 11.4 Å². The number of halogens is 3. The van der Waals surface area contributed by atoms with Crippen LogP contribution in [0.4, 0.5) is 19.1 Å². The number of carboxylic acid groups (broad SMARTS) is 1. The first-order valence-corrected chi connectivity index (χ1v) is 8.26. The van der Waals surface area contributed by atoms with Crippen LogP contribution < -0.4 is 9.64 Å². The first kappa shape index (κ1) is 18.9. The highest BCUT2D eigenvalue weighted by molar-refractivity contribution is 5.73. The van der Waals surface area contributed by atoms with Crippen molar-refractivity contribution in [2.24, 2.45) is 5.92 Å². The first-order valence-electron chi connectivity index (χ1n) is 8.26. The maximum absolute atomic E-state index is 10.6. The topological polar surface area (TPSA) is 88.4 Å². The van der Waals surface area contributed by atoms with Gasteiger partial charge in [-0.05, 0) is 31.0 Å². The molecule has 27 heavy (non-hydrogen) atoms. The molecule has 1 aliphatic heterocycles. The number of hydrogen-bond donors (Lipinski definition) is 1. The fourth-order valence-corrected chi connectivity index (χ4v) is 3.36. The van der Waals surface area contributed by atoms with Crippen molar-refractivity contribution in [1.29, 1.82) is 0 Å². The smallest absolute Gasteiger partial charge is 0.486 e. The highest BCUT2D eigenvalue weighted by Crippen LogP contribution is 2.41. The molecule has 7 nitrogen and oxygen atoms in total. The number of rotatable bonds is 3. The summed E-state index contributed by atoms with van der Waals surface area (Å²) in [5.74, 6) is -0.527. The third kappa shape index (κ3) is 4.44. The van der Waals surface area contributed by atoms with Crippen LogP contribution in [0.2, 0.25) is 0 Å². The molecular weight excluding hydrogens is 365 g/mol. The van der Waals surface area contributed by atoms with Gasteiger partial charge in [-0.2, -0.15) is 13.2 Å². The highest BCUT2D eigenvalue weighted by atomic mass is 19.4. The van der Waals surface area contributed by atoms with Crippen LogP contribution in [0.25, 0.3) is 0 Å². The van der Waals surface area contributed by atoms with E-state index in [0.29, 0.717) is 12.0 Å². The van der Waals surface area contributed by atoms with Crippen molar-refractivity contribution >= 4 is 11.9 Å². The number of piperidine rings is 1. The number of carboxylic acids is 1. The minimum atomic E-state index is -5.08. The molecule has 2 fully saturated rings. The number of ether oxygens (including phenoxy) is 1. The fourth-order valence-electron chi connectivity index (χ4n) is 3.36. The Morgan fingerprint density at radius 1 is 1.19 bits per heavy atom. The molecule has 10 heteroatoms. The van der Waals surface area contributed by atoms with Crippen molar-refractivity contribution in [3.63, 3.8) is 0 Å². The van der Waals surface area contributed by atoms with Crippen LogP contribution in [0.1, 0.15) is 12.8 Å². The molecule has 1 N–H and O–H groups in total. The van der Waals surface area contributed by atoms with Crippen LogP contribution in [0.15, 0.2) is 43.0 Å². The van der Waals surface area contributed by atoms with Gasteiger partial charge in [0.15, 0.2) is 0 Å². The standard InChI is InChI=1S/C15H16N4O.C2HF3O2/c1-3-12(9-16-6-1)20-14-11-4-5-13(14)19(10-11)15-17-7-2-8-18-15;3-2(4,5)1(6)7/h1-3,6-9,11,13-14H,4-5,10H2;(H,6,7). The Morgan fingerprint density at radius 2 is 1.89 bits per heavy atom. The molecule has 1 aliphatic carbocycles. The quantitative estimate of drug-likeness (QED) is 0.873. The zero-order chi connectivity index (χ0) is 19.4. The summed E-state index contributed by atoms with van der Waals surface area (Å²) >= 11 is 0. The average Bonchev–Trinajstić information content (AvgIpc) is 3.20. The van der Waals surface area contributed by atoms with Crippen molar-refractivity contribution < 1.29 is 27.8 Å². The predicted octanol–water partition coefficient (Wildman–Crippen LogP) is 2.55. The number of aromatic nitrogens is 3. The van der Waals surface area contributed by atoms with Gasteiger partial charge in [0.05, 0.1) is 12.2 Å². The second-order valence-electron chi connectivity index (χ2n) is 6.18. The van der Waals surface area contributed by atoms with Crippen LogP contribution in [0.5, 0.6) is 5.75 Å². The summed E-state index contributed by atoms with van der Waals surface area (Å²) in [4.78, 5) is 24.0. The van der Waals surface area contributed by atoms with Crippen molar-refractivity contribution in [3.05, 3.63) is 43.0 Å². The Hall–Kier alpha value is -2.91. The zero-order valence-corrected chi connectivity index (χ0v) is 14.1. The number of anilines is 1. The van der Waals surface area contributed by atoms with Gasteiger partial charge in [-0.15, -0.1) is 0 Å². The lowest BCUT2D eigenvalue weighted by Crippen LogP contribution is -2.37. The molecule has 3 heterocycles. The van der Waals surface area contributed by atoms with Gasteiger partial charge in [0.1, 0.15) is 11.9 Å². The van der Waals surface area contributed by atoms with Gasteiger partial charge < -0.3 is 14.7 Å². The maximum atomic E-state index is 10.6. The van der Waals surface area contributed by atoms with E-state index in [1.54, 1.807) is 24.8 Å². The predicted molar refractivity (Wildman–Crippen MR) is 88.2 cm³/mol. The van der Waals surface area contributed by atoms with E-state index >= 15 is 0 Å². The molecule has 0 spiro atoms. The van der Waals surface area contributed by atoms with Gasteiger partial charge in [0, 0.05) is 31.1 Å². The van der Waals surface area contributed by atoms with Crippen LogP contribution in [0.3, 0.4) is 0 Å². The van der Waals surface area contributed by atoms with E-state index in [1.165, 1.54) is 6.42 Å². The summed E-state index contributed by atoms with van der Waals surface area (Å²) in [7, 11) is 0. The number of aliphatic carboxylic acids is 1. The summed E-state index contributed by atoms with van der Waals surface area (Å²) in [5, 5.41) is 7.12. The van der Waals surface area contributed by atoms with E-state index in [9.17, 15) is 13.2 Å². The molecule has 4 rings (SSSR count). The molecule has 2 bridgehead atoms. The molecular formula is C17H17F3N4O3. The van der Waals surface area contributed by atoms with Gasteiger partial charge >= 0.3 is 12.1 Å². The zero-order valence-electron chi connectivity index (χ0n) is 14.1. The third-order valence-corrected chi connectivity index (χ3v) is 4.47. The summed E-state index contributed by atoms with van der Waals surface area (Å²) in [6.45, 7) is 0.986. The summed E-state index contributed by atoms with van der Waals surface area (Å²) in [6, 6.07) is 6.10. The average molecular weight is 382 g/mol. The van der Waals surface area contributed by atoms with Gasteiger partial charge in [0.25, 0.3) is 0 Å². The Kier molecular flexibility index (Phi) is 5.43. The molecule has 0 radical (unpaired) electrons. The minimum absolute atomic E-state index is 0.225. The third-order valence-electron chi connectivity index (χ3n) is 4.47. The van der Waals surface area contributed by atoms with E-state index in [0.717, 1.165) is 24.7 Å². The van der Waals surface area contributed by atoms with Crippen LogP contribution in [0, 0.1) is 5.92 Å². The van der Waals surface area contributed by atoms with E-state index < -0.39 is 12.1 Å². The minimum Gasteiger partial charge on any atom is -0.486 e. The number of hydrogen-bond acceptors (Lipinski definition) is 6. The molecule has 2 aromatic rings. The molecule has 144 valence electrons. The van der Waals surface area contributed by atoms with Gasteiger partial charge in [-0.3, -0.25) is 4.98 Å². The normalized spacial score (nSPS) is 23.5. The van der Waals surface area contributed by atoms with Crippen molar-refractivity contribution in [3.8, 4) is 5.75 Å². The Labute approximate surface area is 152 Å². The lowest BCUT2D eigenvalue weighted by molar-refractivity contribution is -0.192. The molecule has 3 unspecified atom stereocenters. The molecule has 1 saturated carbocycles.